The van der Waals surface area contributed by atoms with Gasteiger partial charge in [-0.1, -0.05) is 22.9 Å². The van der Waals surface area contributed by atoms with Gasteiger partial charge in [0.15, 0.2) is 0 Å². The number of likely N-dealkylation sites (N-methyl/N-ethyl adjacent to an activating group) is 1. The van der Waals surface area contributed by atoms with Crippen molar-refractivity contribution in [3.05, 3.63) is 34.1 Å². The van der Waals surface area contributed by atoms with Gasteiger partial charge in [0.05, 0.1) is 5.60 Å². The van der Waals surface area contributed by atoms with Crippen LogP contribution < -0.4 is 5.32 Å². The molecule has 1 N–H and O–H groups in total. The molecule has 1 heterocycles. The lowest BCUT2D eigenvalue weighted by Crippen LogP contribution is -2.56. The molecule has 0 amide bonds. The molecule has 1 unspecified atom stereocenters. The van der Waals surface area contributed by atoms with Gasteiger partial charge in [-0.15, -0.1) is 0 Å². The average Bonchev–Trinajstić information content (AvgIpc) is 2.46. The van der Waals surface area contributed by atoms with Crippen molar-refractivity contribution in [1.82, 2.24) is 5.32 Å². The molecule has 0 radical (unpaired) electrons. The zero-order chi connectivity index (χ0) is 15.3. The van der Waals surface area contributed by atoms with E-state index < -0.39 is 0 Å². The number of halogens is 2. The molecule has 0 spiro atoms. The summed E-state index contributed by atoms with van der Waals surface area (Å²) in [5.74, 6) is -0.215. The number of rotatable bonds is 6. The van der Waals surface area contributed by atoms with Crippen molar-refractivity contribution in [1.29, 1.82) is 0 Å². The lowest BCUT2D eigenvalue weighted by atomic mass is 9.82. The molecule has 2 rings (SSSR count). The smallest absolute Gasteiger partial charge is 0.124 e. The van der Waals surface area contributed by atoms with Gasteiger partial charge >= 0.3 is 0 Å². The number of nitrogens with one attached hydrogen (secondary N) is 1. The predicted octanol–water partition coefficient (Wildman–Crippen LogP) is 3.30. The molecule has 1 aliphatic heterocycles. The molecule has 1 aromatic rings. The molecular weight excluding hydrogens is 337 g/mol. The first kappa shape index (κ1) is 16.9. The maximum atomic E-state index is 13.6. The molecular formula is C16H23BrFNO2. The summed E-state index contributed by atoms with van der Waals surface area (Å²) in [7, 11) is 1.76. The third-order valence-corrected chi connectivity index (χ3v) is 4.65. The van der Waals surface area contributed by atoms with Gasteiger partial charge in [-0.3, -0.25) is 0 Å². The second-order valence-corrected chi connectivity index (χ2v) is 6.39. The molecule has 0 saturated carbocycles. The van der Waals surface area contributed by atoms with Crippen LogP contribution >= 0.6 is 15.9 Å². The van der Waals surface area contributed by atoms with Crippen molar-refractivity contribution in [2.24, 2.45) is 0 Å². The van der Waals surface area contributed by atoms with E-state index in [1.54, 1.807) is 13.2 Å². The molecule has 0 aliphatic carbocycles. The minimum absolute atomic E-state index is 0.144. The van der Waals surface area contributed by atoms with E-state index in [9.17, 15) is 4.39 Å². The molecule has 1 atom stereocenters. The Morgan fingerprint density at radius 3 is 2.67 bits per heavy atom. The molecule has 1 aromatic carbocycles. The third-order valence-electron chi connectivity index (χ3n) is 4.19. The van der Waals surface area contributed by atoms with Gasteiger partial charge in [0.2, 0.25) is 0 Å². The fourth-order valence-corrected chi connectivity index (χ4v) is 3.58. The largest absolute Gasteiger partial charge is 0.381 e. The van der Waals surface area contributed by atoms with E-state index in [-0.39, 0.29) is 17.5 Å². The summed E-state index contributed by atoms with van der Waals surface area (Å²) >= 11 is 3.36. The Bertz CT molecular complexity index is 443. The van der Waals surface area contributed by atoms with Gasteiger partial charge in [0, 0.05) is 43.7 Å². The van der Waals surface area contributed by atoms with E-state index in [2.05, 4.69) is 28.2 Å². The zero-order valence-electron chi connectivity index (χ0n) is 12.6. The number of ether oxygens (including phenoxy) is 2. The fourth-order valence-electron chi connectivity index (χ4n) is 3.07. The van der Waals surface area contributed by atoms with Crippen molar-refractivity contribution in [2.45, 2.75) is 37.8 Å². The van der Waals surface area contributed by atoms with Crippen LogP contribution in [0.25, 0.3) is 0 Å². The number of hydrogen-bond acceptors (Lipinski definition) is 3. The molecule has 5 heteroatoms. The van der Waals surface area contributed by atoms with Gasteiger partial charge < -0.3 is 14.8 Å². The summed E-state index contributed by atoms with van der Waals surface area (Å²) in [6, 6.07) is 5.19. The monoisotopic (exact) mass is 359 g/mol. The first-order chi connectivity index (χ1) is 10.1. The average molecular weight is 360 g/mol. The molecule has 1 aliphatic rings. The second kappa shape index (κ2) is 7.68. The summed E-state index contributed by atoms with van der Waals surface area (Å²) < 4.78 is 25.7. The number of benzene rings is 1. The van der Waals surface area contributed by atoms with Crippen LogP contribution in [0.15, 0.2) is 22.7 Å². The van der Waals surface area contributed by atoms with Gasteiger partial charge in [0.25, 0.3) is 0 Å². The van der Waals surface area contributed by atoms with Crippen molar-refractivity contribution in [3.63, 3.8) is 0 Å². The van der Waals surface area contributed by atoms with E-state index in [1.807, 2.05) is 6.07 Å². The van der Waals surface area contributed by atoms with Crippen LogP contribution in [0.5, 0.6) is 0 Å². The molecule has 21 heavy (non-hydrogen) atoms. The van der Waals surface area contributed by atoms with Gasteiger partial charge in [0.1, 0.15) is 5.82 Å². The summed E-state index contributed by atoms with van der Waals surface area (Å²) in [4.78, 5) is 0. The molecule has 0 aromatic heterocycles. The van der Waals surface area contributed by atoms with Crippen molar-refractivity contribution in [3.8, 4) is 0 Å². The van der Waals surface area contributed by atoms with E-state index >= 15 is 0 Å². The van der Waals surface area contributed by atoms with Crippen LogP contribution in [0.3, 0.4) is 0 Å². The van der Waals surface area contributed by atoms with Crippen molar-refractivity contribution in [2.75, 3.05) is 26.9 Å². The standard InChI is InChI=1S/C16H23BrFNO2/c1-3-19-15(16(20-2)4-6-21-7-5-16)10-12-8-13(17)11-14(18)9-12/h8-9,11,15,19H,3-7,10H2,1-2H3. The molecule has 0 bridgehead atoms. The van der Waals surface area contributed by atoms with Crippen molar-refractivity contribution >= 4 is 15.9 Å². The normalized spacial score (nSPS) is 19.4. The van der Waals surface area contributed by atoms with Crippen LogP contribution in [-0.4, -0.2) is 38.5 Å². The Hall–Kier alpha value is -0.490. The minimum Gasteiger partial charge on any atom is -0.381 e. The first-order valence-electron chi connectivity index (χ1n) is 7.41. The highest BCUT2D eigenvalue weighted by molar-refractivity contribution is 9.10. The SMILES string of the molecule is CCNC(Cc1cc(F)cc(Br)c1)C1(OC)CCOCC1. The third kappa shape index (κ3) is 4.25. The van der Waals surface area contributed by atoms with Crippen LogP contribution in [0, 0.1) is 5.82 Å². The topological polar surface area (TPSA) is 30.5 Å². The highest BCUT2D eigenvalue weighted by atomic mass is 79.9. The minimum atomic E-state index is -0.243. The van der Waals surface area contributed by atoms with Gasteiger partial charge in [-0.05, 0) is 36.7 Å². The number of methoxy groups -OCH3 is 1. The van der Waals surface area contributed by atoms with Crippen LogP contribution in [0.4, 0.5) is 4.39 Å². The van der Waals surface area contributed by atoms with Crippen LogP contribution in [-0.2, 0) is 15.9 Å². The lowest BCUT2D eigenvalue weighted by molar-refractivity contribution is -0.110. The fraction of sp³-hybridized carbons (Fsp3) is 0.625. The molecule has 3 nitrogen and oxygen atoms in total. The van der Waals surface area contributed by atoms with Gasteiger partial charge in [-0.2, -0.15) is 0 Å². The van der Waals surface area contributed by atoms with E-state index in [0.717, 1.165) is 35.8 Å². The molecule has 1 saturated heterocycles. The maximum Gasteiger partial charge on any atom is 0.124 e. The Kier molecular flexibility index (Phi) is 6.17. The second-order valence-electron chi connectivity index (χ2n) is 5.47. The highest BCUT2D eigenvalue weighted by Crippen LogP contribution is 2.30. The number of hydrogen-bond donors (Lipinski definition) is 1. The summed E-state index contributed by atoms with van der Waals surface area (Å²) in [6.07, 6.45) is 2.45. The first-order valence-corrected chi connectivity index (χ1v) is 8.20. The quantitative estimate of drug-likeness (QED) is 0.845. The Morgan fingerprint density at radius 2 is 2.10 bits per heavy atom. The Labute approximate surface area is 134 Å². The van der Waals surface area contributed by atoms with Crippen LogP contribution in [0.2, 0.25) is 0 Å². The van der Waals surface area contributed by atoms with E-state index in [0.29, 0.717) is 13.2 Å². The maximum absolute atomic E-state index is 13.6. The summed E-state index contributed by atoms with van der Waals surface area (Å²) in [5.41, 5.74) is 0.725. The van der Waals surface area contributed by atoms with Crippen molar-refractivity contribution < 1.29 is 13.9 Å². The van der Waals surface area contributed by atoms with Gasteiger partial charge in [-0.25, -0.2) is 4.39 Å². The Morgan fingerprint density at radius 1 is 1.38 bits per heavy atom. The Balaban J connectivity index is 2.21. The highest BCUT2D eigenvalue weighted by Gasteiger charge is 2.40. The summed E-state index contributed by atoms with van der Waals surface area (Å²) in [5, 5.41) is 3.51. The zero-order valence-corrected chi connectivity index (χ0v) is 14.2. The van der Waals surface area contributed by atoms with Crippen LogP contribution in [0.1, 0.15) is 25.3 Å². The van der Waals surface area contributed by atoms with E-state index in [1.165, 1.54) is 6.07 Å². The molecule has 118 valence electrons. The predicted molar refractivity (Wildman–Crippen MR) is 85.1 cm³/mol. The van der Waals surface area contributed by atoms with E-state index in [4.69, 9.17) is 9.47 Å². The molecule has 1 fully saturated rings. The lowest BCUT2D eigenvalue weighted by Gasteiger charge is -2.42. The summed E-state index contributed by atoms with van der Waals surface area (Å²) in [6.45, 7) is 4.36.